The highest BCUT2D eigenvalue weighted by molar-refractivity contribution is 5.96. The third kappa shape index (κ3) is 6.32. The molecular formula is C24H27FN2O. The lowest BCUT2D eigenvalue weighted by Crippen LogP contribution is -2.40. The molecule has 1 N–H and O–H groups in total. The largest absolute Gasteiger partial charge is 0.326 e. The van der Waals surface area contributed by atoms with Crippen molar-refractivity contribution in [3.63, 3.8) is 0 Å². The molecule has 1 amide bonds. The van der Waals surface area contributed by atoms with E-state index in [2.05, 4.69) is 42.1 Å². The molecule has 0 aromatic heterocycles. The summed E-state index contributed by atoms with van der Waals surface area (Å²) in [6.07, 6.45) is 8.54. The highest BCUT2D eigenvalue weighted by atomic mass is 19.1. The normalized spacial score (nSPS) is 18.5. The molecule has 0 unspecified atom stereocenters. The topological polar surface area (TPSA) is 32.3 Å². The quantitative estimate of drug-likeness (QED) is 0.578. The highest BCUT2D eigenvalue weighted by Gasteiger charge is 2.27. The van der Waals surface area contributed by atoms with E-state index in [0.29, 0.717) is 12.0 Å². The molecule has 0 aliphatic carbocycles. The van der Waals surface area contributed by atoms with Crippen molar-refractivity contribution in [1.29, 1.82) is 0 Å². The van der Waals surface area contributed by atoms with E-state index in [0.717, 1.165) is 31.8 Å². The van der Waals surface area contributed by atoms with Crippen molar-refractivity contribution in [1.82, 2.24) is 10.2 Å². The molecule has 0 fully saturated rings. The summed E-state index contributed by atoms with van der Waals surface area (Å²) in [6.45, 7) is 12.8. The number of nitrogens with zero attached hydrogens (tertiary/aromatic N) is 1. The van der Waals surface area contributed by atoms with E-state index in [4.69, 9.17) is 0 Å². The van der Waals surface area contributed by atoms with Gasteiger partial charge in [0.15, 0.2) is 0 Å². The Kier molecular flexibility index (Phi) is 8.37. The van der Waals surface area contributed by atoms with Crippen molar-refractivity contribution in [2.75, 3.05) is 13.1 Å². The standard InChI is InChI=1S/C20H21FN2O.C4H6/c1-2-6-18(21)12-16-11-17-14-23(10-9-19(17)22-20(16)24)13-15-7-4-3-5-8-15;1-3-4-2/h2-8,12H,1,9-11,13-14H2,(H,22,24);3-4H,1-2H2/b16-12+,18-6+;. The molecule has 0 atom stereocenters. The molecule has 0 saturated carbocycles. The lowest BCUT2D eigenvalue weighted by Gasteiger charge is -2.34. The zero-order chi connectivity index (χ0) is 20.4. The molecule has 1 aromatic rings. The fourth-order valence-corrected chi connectivity index (χ4v) is 3.15. The van der Waals surface area contributed by atoms with Gasteiger partial charge in [-0.25, -0.2) is 4.39 Å². The van der Waals surface area contributed by atoms with Gasteiger partial charge in [-0.05, 0) is 23.3 Å². The molecule has 0 bridgehead atoms. The number of carbonyl (C=O) groups excluding carboxylic acids is 1. The van der Waals surface area contributed by atoms with Crippen molar-refractivity contribution in [2.45, 2.75) is 19.4 Å². The van der Waals surface area contributed by atoms with E-state index in [-0.39, 0.29) is 5.91 Å². The van der Waals surface area contributed by atoms with E-state index in [1.807, 2.05) is 18.2 Å². The molecular weight excluding hydrogens is 351 g/mol. The number of nitrogens with one attached hydrogen (secondary N) is 1. The Morgan fingerprint density at radius 2 is 1.86 bits per heavy atom. The van der Waals surface area contributed by atoms with Crippen molar-refractivity contribution < 1.29 is 9.18 Å². The van der Waals surface area contributed by atoms with Crippen molar-refractivity contribution in [3.8, 4) is 0 Å². The highest BCUT2D eigenvalue weighted by Crippen LogP contribution is 2.28. The summed E-state index contributed by atoms with van der Waals surface area (Å²) < 4.78 is 13.7. The first kappa shape index (κ1) is 21.3. The van der Waals surface area contributed by atoms with Crippen LogP contribution in [-0.4, -0.2) is 23.9 Å². The Bertz CT molecular complexity index is 812. The number of benzene rings is 1. The minimum Gasteiger partial charge on any atom is -0.326 e. The molecule has 28 heavy (non-hydrogen) atoms. The lowest BCUT2D eigenvalue weighted by atomic mass is 9.93. The lowest BCUT2D eigenvalue weighted by molar-refractivity contribution is -0.117. The maximum absolute atomic E-state index is 13.7. The fourth-order valence-electron chi connectivity index (χ4n) is 3.15. The van der Waals surface area contributed by atoms with Crippen LogP contribution in [0.1, 0.15) is 18.4 Å². The smallest absolute Gasteiger partial charge is 0.251 e. The second kappa shape index (κ2) is 11.0. The number of carbonyl (C=O) groups is 1. The first-order chi connectivity index (χ1) is 13.6. The maximum Gasteiger partial charge on any atom is 0.251 e. The summed E-state index contributed by atoms with van der Waals surface area (Å²) in [5.41, 5.74) is 3.92. The van der Waals surface area contributed by atoms with Crippen LogP contribution in [0, 0.1) is 0 Å². The van der Waals surface area contributed by atoms with Gasteiger partial charge >= 0.3 is 0 Å². The maximum atomic E-state index is 13.7. The molecule has 146 valence electrons. The second-order valence-electron chi connectivity index (χ2n) is 6.59. The van der Waals surface area contributed by atoms with Crippen molar-refractivity contribution in [3.05, 3.63) is 109 Å². The predicted molar refractivity (Wildman–Crippen MR) is 114 cm³/mol. The van der Waals surface area contributed by atoms with Crippen LogP contribution in [0.5, 0.6) is 0 Å². The Balaban J connectivity index is 0.000000640. The zero-order valence-electron chi connectivity index (χ0n) is 16.2. The number of halogens is 1. The second-order valence-corrected chi connectivity index (χ2v) is 6.59. The van der Waals surface area contributed by atoms with Crippen LogP contribution in [0.4, 0.5) is 4.39 Å². The predicted octanol–water partition coefficient (Wildman–Crippen LogP) is 4.99. The summed E-state index contributed by atoms with van der Waals surface area (Å²) >= 11 is 0. The van der Waals surface area contributed by atoms with Gasteiger partial charge in [0.1, 0.15) is 5.83 Å². The molecule has 0 saturated heterocycles. The first-order valence-corrected chi connectivity index (χ1v) is 9.28. The van der Waals surface area contributed by atoms with Crippen LogP contribution in [0.2, 0.25) is 0 Å². The van der Waals surface area contributed by atoms with Crippen molar-refractivity contribution >= 4 is 5.91 Å². The Morgan fingerprint density at radius 1 is 1.14 bits per heavy atom. The monoisotopic (exact) mass is 378 g/mol. The Morgan fingerprint density at radius 3 is 2.50 bits per heavy atom. The molecule has 0 radical (unpaired) electrons. The fraction of sp³-hybridized carbons (Fsp3) is 0.208. The van der Waals surface area contributed by atoms with E-state index in [9.17, 15) is 9.18 Å². The van der Waals surface area contributed by atoms with Gasteiger partial charge in [0.2, 0.25) is 0 Å². The van der Waals surface area contributed by atoms with Gasteiger partial charge in [0.25, 0.3) is 5.91 Å². The number of allylic oxidation sites excluding steroid dienone is 6. The van der Waals surface area contributed by atoms with E-state index in [1.165, 1.54) is 29.4 Å². The average molecular weight is 378 g/mol. The minimum atomic E-state index is -0.448. The molecule has 2 heterocycles. The van der Waals surface area contributed by atoms with Gasteiger partial charge in [0, 0.05) is 43.7 Å². The first-order valence-electron chi connectivity index (χ1n) is 9.28. The number of rotatable bonds is 5. The van der Waals surface area contributed by atoms with Gasteiger partial charge in [-0.2, -0.15) is 0 Å². The van der Waals surface area contributed by atoms with Gasteiger partial charge in [-0.1, -0.05) is 68.3 Å². The minimum absolute atomic E-state index is 0.196. The van der Waals surface area contributed by atoms with Gasteiger partial charge < -0.3 is 5.32 Å². The zero-order valence-corrected chi connectivity index (χ0v) is 16.2. The number of hydrogen-bond acceptors (Lipinski definition) is 2. The van der Waals surface area contributed by atoms with E-state index < -0.39 is 5.83 Å². The van der Waals surface area contributed by atoms with Crippen molar-refractivity contribution in [2.24, 2.45) is 0 Å². The van der Waals surface area contributed by atoms with Crippen LogP contribution >= 0.6 is 0 Å². The molecule has 1 aromatic carbocycles. The molecule has 3 nitrogen and oxygen atoms in total. The molecule has 4 heteroatoms. The Hall–Kier alpha value is -2.98. The van der Waals surface area contributed by atoms with E-state index in [1.54, 1.807) is 12.2 Å². The van der Waals surface area contributed by atoms with Gasteiger partial charge in [-0.3, -0.25) is 9.69 Å². The third-order valence-corrected chi connectivity index (χ3v) is 4.48. The molecule has 2 aliphatic heterocycles. The summed E-state index contributed by atoms with van der Waals surface area (Å²) in [5, 5.41) is 2.93. The number of amides is 1. The SMILES string of the molecule is C=C/C=C(F)\C=C1/CC2=C(CCN(Cc3ccccc3)C2)NC1=O.C=CC=C. The van der Waals surface area contributed by atoms with E-state index >= 15 is 0 Å². The van der Waals surface area contributed by atoms with Crippen LogP contribution in [-0.2, 0) is 11.3 Å². The molecule has 2 aliphatic rings. The summed E-state index contributed by atoms with van der Waals surface area (Å²) in [6, 6.07) is 10.3. The summed E-state index contributed by atoms with van der Waals surface area (Å²) in [7, 11) is 0. The molecule has 0 spiro atoms. The van der Waals surface area contributed by atoms with Crippen LogP contribution < -0.4 is 5.32 Å². The van der Waals surface area contributed by atoms with Crippen LogP contribution in [0.3, 0.4) is 0 Å². The van der Waals surface area contributed by atoms with Crippen LogP contribution in [0.25, 0.3) is 0 Å². The Labute approximate surface area is 166 Å². The molecule has 3 rings (SSSR count). The summed E-state index contributed by atoms with van der Waals surface area (Å²) in [5.74, 6) is -0.644. The average Bonchev–Trinajstić information content (AvgIpc) is 2.70. The van der Waals surface area contributed by atoms with Gasteiger partial charge in [0.05, 0.1) is 0 Å². The summed E-state index contributed by atoms with van der Waals surface area (Å²) in [4.78, 5) is 14.5. The number of hydrogen-bond donors (Lipinski definition) is 1. The van der Waals surface area contributed by atoms with Gasteiger partial charge in [-0.15, -0.1) is 0 Å². The van der Waals surface area contributed by atoms with Crippen LogP contribution in [0.15, 0.2) is 103 Å². The third-order valence-electron chi connectivity index (χ3n) is 4.48.